The number of ether oxygens (including phenoxy) is 2. The minimum Gasteiger partial charge on any atom is -0.508 e. The van der Waals surface area contributed by atoms with E-state index in [1.807, 2.05) is 18.2 Å². The van der Waals surface area contributed by atoms with E-state index < -0.39 is 0 Å². The summed E-state index contributed by atoms with van der Waals surface area (Å²) in [5.41, 5.74) is 2.80. The highest BCUT2D eigenvalue weighted by Crippen LogP contribution is 2.29. The van der Waals surface area contributed by atoms with E-state index >= 15 is 0 Å². The Kier molecular flexibility index (Phi) is 6.15. The van der Waals surface area contributed by atoms with Gasteiger partial charge in [0.15, 0.2) is 11.5 Å². The van der Waals surface area contributed by atoms with Gasteiger partial charge in [0.25, 0.3) is 0 Å². The number of nitrogens with zero attached hydrogens (tertiary/aromatic N) is 2. The molecule has 0 atom stereocenters. The number of fused-ring (bicyclic) bond motifs is 1. The summed E-state index contributed by atoms with van der Waals surface area (Å²) >= 11 is 0. The molecule has 1 aliphatic heterocycles. The Morgan fingerprint density at radius 3 is 2.29 bits per heavy atom. The van der Waals surface area contributed by atoms with E-state index in [4.69, 9.17) is 13.9 Å². The minimum absolute atomic E-state index is 0.136. The summed E-state index contributed by atoms with van der Waals surface area (Å²) in [4.78, 5) is 16.8. The molecule has 0 saturated carbocycles. The van der Waals surface area contributed by atoms with Gasteiger partial charge >= 0.3 is 5.63 Å². The molecular formula is C24H28N2O5. The Morgan fingerprint density at radius 2 is 1.61 bits per heavy atom. The second-order valence-electron chi connectivity index (χ2n) is 7.92. The second-order valence-corrected chi connectivity index (χ2v) is 7.92. The highest BCUT2D eigenvalue weighted by atomic mass is 16.5. The van der Waals surface area contributed by atoms with Crippen LogP contribution in [-0.2, 0) is 13.1 Å². The van der Waals surface area contributed by atoms with Crippen molar-refractivity contribution in [1.29, 1.82) is 0 Å². The van der Waals surface area contributed by atoms with Crippen LogP contribution >= 0.6 is 0 Å². The van der Waals surface area contributed by atoms with Gasteiger partial charge in [-0.1, -0.05) is 6.07 Å². The highest BCUT2D eigenvalue weighted by molar-refractivity contribution is 5.84. The van der Waals surface area contributed by atoms with E-state index in [0.29, 0.717) is 17.7 Å². The van der Waals surface area contributed by atoms with Crippen molar-refractivity contribution >= 4 is 11.0 Å². The van der Waals surface area contributed by atoms with Gasteiger partial charge in [-0.2, -0.15) is 0 Å². The van der Waals surface area contributed by atoms with Crippen LogP contribution in [-0.4, -0.2) is 55.3 Å². The first-order chi connectivity index (χ1) is 15.0. The molecule has 0 bridgehead atoms. The van der Waals surface area contributed by atoms with Gasteiger partial charge < -0.3 is 19.0 Å². The maximum atomic E-state index is 12.1. The van der Waals surface area contributed by atoms with Crippen LogP contribution in [0.15, 0.2) is 45.6 Å². The van der Waals surface area contributed by atoms with Crippen LogP contribution in [0.3, 0.4) is 0 Å². The summed E-state index contributed by atoms with van der Waals surface area (Å²) in [6.07, 6.45) is 0. The molecule has 0 unspecified atom stereocenters. The van der Waals surface area contributed by atoms with Gasteiger partial charge in [-0.3, -0.25) is 9.80 Å². The van der Waals surface area contributed by atoms with Crippen molar-refractivity contribution in [2.75, 3.05) is 40.4 Å². The van der Waals surface area contributed by atoms with Gasteiger partial charge in [0.1, 0.15) is 11.3 Å². The van der Waals surface area contributed by atoms with E-state index in [1.165, 1.54) is 5.56 Å². The second kappa shape index (κ2) is 8.99. The van der Waals surface area contributed by atoms with Gasteiger partial charge in [0, 0.05) is 56.3 Å². The van der Waals surface area contributed by atoms with Gasteiger partial charge in [-0.15, -0.1) is 0 Å². The lowest BCUT2D eigenvalue weighted by Crippen LogP contribution is -2.45. The molecule has 1 saturated heterocycles. The lowest BCUT2D eigenvalue weighted by Gasteiger charge is -2.35. The van der Waals surface area contributed by atoms with Crippen molar-refractivity contribution in [2.24, 2.45) is 0 Å². The number of phenols is 1. The van der Waals surface area contributed by atoms with Crippen LogP contribution < -0.4 is 15.1 Å². The van der Waals surface area contributed by atoms with Gasteiger partial charge in [0.2, 0.25) is 0 Å². The third-order valence-corrected chi connectivity index (χ3v) is 5.93. The number of phenolic OH excluding ortho intramolecular Hbond substituents is 1. The molecule has 0 aliphatic carbocycles. The largest absolute Gasteiger partial charge is 0.508 e. The first-order valence-electron chi connectivity index (χ1n) is 10.4. The zero-order valence-electron chi connectivity index (χ0n) is 18.2. The fourth-order valence-corrected chi connectivity index (χ4v) is 4.13. The molecule has 1 aliphatic rings. The van der Waals surface area contributed by atoms with E-state index in [1.54, 1.807) is 33.3 Å². The molecule has 3 aromatic rings. The third kappa shape index (κ3) is 4.52. The van der Waals surface area contributed by atoms with Crippen LogP contribution in [0.1, 0.15) is 16.7 Å². The standard InChI is InChI=1S/C24H28N2O5/c1-16-20(27)6-5-19-18(13-23(28)31-24(16)19)15-26-10-8-25(9-11-26)14-17-4-7-21(29-2)22(12-17)30-3/h4-7,12-13,27H,8-11,14-15H2,1-3H3. The summed E-state index contributed by atoms with van der Waals surface area (Å²) in [5, 5.41) is 10.8. The SMILES string of the molecule is COc1ccc(CN2CCN(Cc3cc(=O)oc4c(C)c(O)ccc34)CC2)cc1OC. The number of aryl methyl sites for hydroxylation is 1. The summed E-state index contributed by atoms with van der Waals surface area (Å²) in [5.74, 6) is 1.62. The molecule has 4 rings (SSSR count). The fraction of sp³-hybridized carbons (Fsp3) is 0.375. The van der Waals surface area contributed by atoms with Crippen LogP contribution in [0, 0.1) is 6.92 Å². The summed E-state index contributed by atoms with van der Waals surface area (Å²) in [7, 11) is 3.29. The number of rotatable bonds is 6. The molecule has 1 fully saturated rings. The first kappa shape index (κ1) is 21.2. The number of aromatic hydroxyl groups is 1. The van der Waals surface area contributed by atoms with Crippen LogP contribution in [0.5, 0.6) is 17.2 Å². The van der Waals surface area contributed by atoms with Crippen molar-refractivity contribution in [3.05, 3.63) is 63.5 Å². The predicted octanol–water partition coefficient (Wildman–Crippen LogP) is 3.14. The molecule has 7 nitrogen and oxygen atoms in total. The lowest BCUT2D eigenvalue weighted by atomic mass is 10.1. The molecule has 31 heavy (non-hydrogen) atoms. The molecule has 0 amide bonds. The maximum absolute atomic E-state index is 12.1. The topological polar surface area (TPSA) is 75.4 Å². The summed E-state index contributed by atoms with van der Waals surface area (Å²) in [6.45, 7) is 6.98. The molecular weight excluding hydrogens is 396 g/mol. The van der Waals surface area contributed by atoms with E-state index in [9.17, 15) is 9.90 Å². The first-order valence-corrected chi connectivity index (χ1v) is 10.4. The van der Waals surface area contributed by atoms with Crippen molar-refractivity contribution in [3.8, 4) is 17.2 Å². The minimum atomic E-state index is -0.386. The van der Waals surface area contributed by atoms with Crippen molar-refractivity contribution < 1.29 is 19.0 Å². The Labute approximate surface area is 181 Å². The van der Waals surface area contributed by atoms with Crippen LogP contribution in [0.2, 0.25) is 0 Å². The van der Waals surface area contributed by atoms with Crippen LogP contribution in [0.25, 0.3) is 11.0 Å². The van der Waals surface area contributed by atoms with Crippen molar-refractivity contribution in [1.82, 2.24) is 9.80 Å². The fourth-order valence-electron chi connectivity index (χ4n) is 4.13. The number of hydrogen-bond donors (Lipinski definition) is 1. The quantitative estimate of drug-likeness (QED) is 0.609. The Morgan fingerprint density at radius 1 is 0.935 bits per heavy atom. The number of methoxy groups -OCH3 is 2. The average Bonchev–Trinajstić information content (AvgIpc) is 2.77. The lowest BCUT2D eigenvalue weighted by molar-refractivity contribution is 0.122. The van der Waals surface area contributed by atoms with Gasteiger partial charge in [-0.05, 0) is 42.3 Å². The van der Waals surface area contributed by atoms with Crippen molar-refractivity contribution in [2.45, 2.75) is 20.0 Å². The molecule has 164 valence electrons. The zero-order chi connectivity index (χ0) is 22.0. The summed E-state index contributed by atoms with van der Waals surface area (Å²) in [6, 6.07) is 11.1. The number of benzene rings is 2. The zero-order valence-corrected chi connectivity index (χ0v) is 18.2. The van der Waals surface area contributed by atoms with E-state index in [-0.39, 0.29) is 11.4 Å². The van der Waals surface area contributed by atoms with Crippen LogP contribution in [0.4, 0.5) is 0 Å². The molecule has 0 radical (unpaired) electrons. The Hall–Kier alpha value is -3.03. The highest BCUT2D eigenvalue weighted by Gasteiger charge is 2.20. The molecule has 2 heterocycles. The number of piperazine rings is 1. The van der Waals surface area contributed by atoms with E-state index in [0.717, 1.165) is 55.2 Å². The normalized spacial score (nSPS) is 15.3. The molecule has 1 aromatic heterocycles. The Balaban J connectivity index is 1.42. The van der Waals surface area contributed by atoms with E-state index in [2.05, 4.69) is 15.9 Å². The maximum Gasteiger partial charge on any atom is 0.336 e. The Bertz CT molecular complexity index is 1130. The molecule has 2 aromatic carbocycles. The smallest absolute Gasteiger partial charge is 0.336 e. The average molecular weight is 424 g/mol. The number of hydrogen-bond acceptors (Lipinski definition) is 7. The van der Waals surface area contributed by atoms with Gasteiger partial charge in [0.05, 0.1) is 14.2 Å². The molecule has 1 N–H and O–H groups in total. The molecule has 0 spiro atoms. The van der Waals surface area contributed by atoms with Gasteiger partial charge in [-0.25, -0.2) is 4.79 Å². The predicted molar refractivity (Wildman–Crippen MR) is 119 cm³/mol. The third-order valence-electron chi connectivity index (χ3n) is 5.93. The molecule has 7 heteroatoms. The van der Waals surface area contributed by atoms with Crippen molar-refractivity contribution in [3.63, 3.8) is 0 Å². The summed E-state index contributed by atoms with van der Waals surface area (Å²) < 4.78 is 16.1. The monoisotopic (exact) mass is 424 g/mol.